The lowest BCUT2D eigenvalue weighted by atomic mass is 10.3. The number of hydrogen-bond acceptors (Lipinski definition) is 4. The molecule has 0 bridgehead atoms. The summed E-state index contributed by atoms with van der Waals surface area (Å²) in [5.41, 5.74) is 6.48. The minimum absolute atomic E-state index is 0.208. The average Bonchev–Trinajstić information content (AvgIpc) is 2.40. The topological polar surface area (TPSA) is 73.5 Å². The van der Waals surface area contributed by atoms with Gasteiger partial charge in [0.2, 0.25) is 0 Å². The van der Waals surface area contributed by atoms with Gasteiger partial charge in [-0.25, -0.2) is 0 Å². The van der Waals surface area contributed by atoms with Gasteiger partial charge in [0.05, 0.1) is 4.88 Å². The van der Waals surface area contributed by atoms with Gasteiger partial charge in [-0.1, -0.05) is 11.2 Å². The summed E-state index contributed by atoms with van der Waals surface area (Å²) in [5.74, 6) is -0.977. The molecule has 2 N–H and O–H groups in total. The zero-order valence-electron chi connectivity index (χ0n) is 5.44. The van der Waals surface area contributed by atoms with Gasteiger partial charge in [0.25, 0.3) is 5.91 Å². The second-order valence-electron chi connectivity index (χ2n) is 1.76. The largest absolute Gasteiger partial charge is 0.410 e. The van der Waals surface area contributed by atoms with Gasteiger partial charge in [-0.2, -0.15) is 0 Å². The van der Waals surface area contributed by atoms with Gasteiger partial charge in [-0.3, -0.25) is 10.5 Å². The van der Waals surface area contributed by atoms with E-state index < -0.39 is 5.91 Å². The molecular weight excluding hydrogens is 164 g/mol. The van der Waals surface area contributed by atoms with Crippen LogP contribution >= 0.6 is 11.3 Å². The normalized spacial score (nSPS) is 11.5. The fourth-order valence-electron chi connectivity index (χ4n) is 0.620. The molecule has 0 saturated heterocycles. The van der Waals surface area contributed by atoms with Crippen LogP contribution in [0.25, 0.3) is 0 Å². The number of nitrogens with one attached hydrogen (secondary N) is 1. The molecule has 0 aliphatic carbocycles. The van der Waals surface area contributed by atoms with E-state index in [0.717, 1.165) is 0 Å². The molecule has 0 aliphatic heterocycles. The first-order valence-electron chi connectivity index (χ1n) is 2.77. The van der Waals surface area contributed by atoms with Gasteiger partial charge in [-0.15, -0.1) is 11.3 Å². The van der Waals surface area contributed by atoms with Crippen LogP contribution in [0.3, 0.4) is 0 Å². The van der Waals surface area contributed by atoms with Crippen LogP contribution < -0.4 is 5.73 Å². The van der Waals surface area contributed by atoms with Crippen molar-refractivity contribution in [2.75, 3.05) is 0 Å². The van der Waals surface area contributed by atoms with E-state index in [2.05, 4.69) is 5.16 Å². The van der Waals surface area contributed by atoms with E-state index in [0.29, 0.717) is 4.88 Å². The van der Waals surface area contributed by atoms with E-state index >= 15 is 0 Å². The first kappa shape index (κ1) is 7.74. The molecule has 1 aromatic heterocycles. The number of hydrogen-bond donors (Lipinski definition) is 1. The Morgan fingerprint density at radius 1 is 1.73 bits per heavy atom. The Balaban J connectivity index is 2.99. The highest BCUT2D eigenvalue weighted by Crippen LogP contribution is 2.09. The van der Waals surface area contributed by atoms with Gasteiger partial charge < -0.3 is 5.21 Å². The zero-order chi connectivity index (χ0) is 8.27. The van der Waals surface area contributed by atoms with Crippen LogP contribution in [-0.4, -0.2) is 16.8 Å². The van der Waals surface area contributed by atoms with Crippen molar-refractivity contribution in [2.24, 2.45) is 5.16 Å². The highest BCUT2D eigenvalue weighted by molar-refractivity contribution is 7.13. The van der Waals surface area contributed by atoms with Gasteiger partial charge in [0.15, 0.2) is 5.71 Å². The van der Waals surface area contributed by atoms with Crippen molar-refractivity contribution in [2.45, 2.75) is 0 Å². The predicted molar refractivity (Wildman–Crippen MR) is 40.7 cm³/mol. The van der Waals surface area contributed by atoms with Crippen molar-refractivity contribution < 1.29 is 10.0 Å². The van der Waals surface area contributed by atoms with Crippen LogP contribution in [0.1, 0.15) is 4.88 Å². The second-order valence-corrected chi connectivity index (χ2v) is 2.70. The van der Waals surface area contributed by atoms with Crippen molar-refractivity contribution in [1.29, 1.82) is 0 Å². The third kappa shape index (κ3) is 1.56. The Kier molecular flexibility index (Phi) is 2.22. The number of amides is 1. The Hall–Kier alpha value is -1.36. The summed E-state index contributed by atoms with van der Waals surface area (Å²) >= 11 is 1.25. The van der Waals surface area contributed by atoms with E-state index in [1.54, 1.807) is 17.5 Å². The second kappa shape index (κ2) is 3.16. The van der Waals surface area contributed by atoms with Gasteiger partial charge in [0.1, 0.15) is 0 Å². The first-order chi connectivity index (χ1) is 5.25. The predicted octanol–water partition coefficient (Wildman–Crippen LogP) is 0.736. The van der Waals surface area contributed by atoms with Crippen molar-refractivity contribution in [3.63, 3.8) is 0 Å². The fourth-order valence-corrected chi connectivity index (χ4v) is 1.33. The minimum Gasteiger partial charge on any atom is -0.410 e. The SMILES string of the molecule is [NH]C(=O)/C(=N/O)c1cccs1. The molecule has 1 amide bonds. The highest BCUT2D eigenvalue weighted by atomic mass is 32.1. The third-order valence-electron chi connectivity index (χ3n) is 1.07. The van der Waals surface area contributed by atoms with Crippen molar-refractivity contribution >= 4 is 23.0 Å². The highest BCUT2D eigenvalue weighted by Gasteiger charge is 2.11. The van der Waals surface area contributed by atoms with Crippen LogP contribution in [0.5, 0.6) is 0 Å². The summed E-state index contributed by atoms with van der Waals surface area (Å²) in [6, 6.07) is 3.33. The van der Waals surface area contributed by atoms with Crippen LogP contribution in [0, 0.1) is 0 Å². The molecule has 1 rings (SSSR count). The van der Waals surface area contributed by atoms with Gasteiger partial charge in [0, 0.05) is 0 Å². The molecule has 0 spiro atoms. The molecule has 57 valence electrons. The van der Waals surface area contributed by atoms with Gasteiger partial charge >= 0.3 is 0 Å². The van der Waals surface area contributed by atoms with E-state index in [1.165, 1.54) is 11.3 Å². The molecule has 5 heteroatoms. The maximum Gasteiger partial charge on any atom is 0.293 e. The maximum atomic E-state index is 10.5. The summed E-state index contributed by atoms with van der Waals surface area (Å²) in [5, 5.41) is 12.8. The molecule has 1 heterocycles. The molecule has 0 saturated carbocycles. The van der Waals surface area contributed by atoms with E-state index in [9.17, 15) is 4.79 Å². The maximum absolute atomic E-state index is 10.5. The zero-order valence-corrected chi connectivity index (χ0v) is 6.26. The van der Waals surface area contributed by atoms with Crippen LogP contribution in [0.15, 0.2) is 22.7 Å². The Labute approximate surface area is 66.9 Å². The lowest BCUT2D eigenvalue weighted by Crippen LogP contribution is -2.14. The van der Waals surface area contributed by atoms with Crippen LogP contribution in [-0.2, 0) is 4.79 Å². The Bertz CT molecular complexity index is 279. The summed E-state index contributed by atoms with van der Waals surface area (Å²) < 4.78 is 0. The lowest BCUT2D eigenvalue weighted by molar-refractivity contribution is -0.112. The van der Waals surface area contributed by atoms with Crippen LogP contribution in [0.4, 0.5) is 0 Å². The van der Waals surface area contributed by atoms with Crippen molar-refractivity contribution in [3.8, 4) is 0 Å². The molecule has 11 heavy (non-hydrogen) atoms. The lowest BCUT2D eigenvalue weighted by Gasteiger charge is -1.91. The first-order valence-corrected chi connectivity index (χ1v) is 3.65. The number of oxime groups is 1. The standard InChI is InChI=1S/C6H5N2O2S/c7-6(9)5(8-10)4-2-1-3-11-4/h1-3,7,10H/b8-5+. The average molecular weight is 169 g/mol. The fraction of sp³-hybridized carbons (Fsp3) is 0. The number of carbonyl (C=O) groups is 1. The quantitative estimate of drug-likeness (QED) is 0.402. The Morgan fingerprint density at radius 3 is 2.82 bits per heavy atom. The molecule has 4 nitrogen and oxygen atoms in total. The summed E-state index contributed by atoms with van der Waals surface area (Å²) in [4.78, 5) is 11.0. The summed E-state index contributed by atoms with van der Waals surface area (Å²) in [7, 11) is 0. The molecule has 0 aliphatic rings. The molecule has 1 aromatic rings. The van der Waals surface area contributed by atoms with E-state index in [4.69, 9.17) is 10.9 Å². The monoisotopic (exact) mass is 169 g/mol. The number of nitrogens with zero attached hydrogens (tertiary/aromatic N) is 1. The van der Waals surface area contributed by atoms with E-state index in [-0.39, 0.29) is 5.71 Å². The molecule has 0 atom stereocenters. The molecule has 0 aromatic carbocycles. The number of thiophene rings is 1. The summed E-state index contributed by atoms with van der Waals surface area (Å²) in [6.07, 6.45) is 0. The van der Waals surface area contributed by atoms with Gasteiger partial charge in [-0.05, 0) is 11.4 Å². The Morgan fingerprint density at radius 2 is 2.45 bits per heavy atom. The summed E-state index contributed by atoms with van der Waals surface area (Å²) in [6.45, 7) is 0. The number of carbonyl (C=O) groups excluding carboxylic acids is 1. The third-order valence-corrected chi connectivity index (χ3v) is 1.95. The van der Waals surface area contributed by atoms with Crippen LogP contribution in [0.2, 0.25) is 0 Å². The molecular formula is C6H5N2O2S. The molecule has 0 fully saturated rings. The minimum atomic E-state index is -0.977. The molecule has 0 unspecified atom stereocenters. The van der Waals surface area contributed by atoms with E-state index in [1.807, 2.05) is 0 Å². The van der Waals surface area contributed by atoms with Crippen molar-refractivity contribution in [1.82, 2.24) is 5.73 Å². The molecule has 1 radical (unpaired) electrons. The number of rotatable bonds is 2. The smallest absolute Gasteiger partial charge is 0.293 e. The van der Waals surface area contributed by atoms with Crippen molar-refractivity contribution in [3.05, 3.63) is 22.4 Å².